The first-order valence-corrected chi connectivity index (χ1v) is 8.88. The van der Waals surface area contributed by atoms with E-state index in [2.05, 4.69) is 4.90 Å². The maximum Gasteiger partial charge on any atom is 0.264 e. The Morgan fingerprint density at radius 3 is 2.48 bits per heavy atom. The minimum atomic E-state index is -0.270. The summed E-state index contributed by atoms with van der Waals surface area (Å²) in [5.41, 5.74) is 0.826. The molecule has 1 fully saturated rings. The first kappa shape index (κ1) is 21.3. The van der Waals surface area contributed by atoms with Crippen LogP contribution in [0.3, 0.4) is 0 Å². The smallest absolute Gasteiger partial charge is 0.264 e. The fraction of sp³-hybridized carbons (Fsp3) is 0.263. The summed E-state index contributed by atoms with van der Waals surface area (Å²) < 4.78 is 5.74. The molecular formula is C19H18Cl3N3O2. The second-order valence-corrected chi connectivity index (χ2v) is 6.91. The molecule has 1 aromatic carbocycles. The number of carbonyl (C=O) groups excluding carboxylic acids is 1. The van der Waals surface area contributed by atoms with Gasteiger partial charge < -0.3 is 14.2 Å². The number of hydrogen-bond donors (Lipinski definition) is 0. The van der Waals surface area contributed by atoms with Crippen LogP contribution in [0.4, 0.5) is 0 Å². The summed E-state index contributed by atoms with van der Waals surface area (Å²) >= 11 is 12.0. The van der Waals surface area contributed by atoms with Crippen LogP contribution in [0.2, 0.25) is 10.0 Å². The Morgan fingerprint density at radius 2 is 1.85 bits per heavy atom. The van der Waals surface area contributed by atoms with Crippen LogP contribution < -0.4 is 0 Å². The van der Waals surface area contributed by atoms with Crippen molar-refractivity contribution in [1.29, 1.82) is 5.26 Å². The fourth-order valence-corrected chi connectivity index (χ4v) is 3.00. The number of hydrogen-bond acceptors (Lipinski definition) is 4. The summed E-state index contributed by atoms with van der Waals surface area (Å²) in [6.07, 6.45) is 1.47. The van der Waals surface area contributed by atoms with Crippen molar-refractivity contribution in [3.63, 3.8) is 0 Å². The highest BCUT2D eigenvalue weighted by molar-refractivity contribution is 6.42. The van der Waals surface area contributed by atoms with Crippen molar-refractivity contribution in [2.24, 2.45) is 0 Å². The third-order valence-electron chi connectivity index (χ3n) is 4.26. The van der Waals surface area contributed by atoms with E-state index in [-0.39, 0.29) is 23.9 Å². The van der Waals surface area contributed by atoms with E-state index < -0.39 is 0 Å². The van der Waals surface area contributed by atoms with Crippen LogP contribution in [0.5, 0.6) is 0 Å². The number of amides is 1. The molecule has 142 valence electrons. The number of nitrogens with zero attached hydrogens (tertiary/aromatic N) is 3. The maximum absolute atomic E-state index is 12.5. The van der Waals surface area contributed by atoms with Gasteiger partial charge in [-0.15, -0.1) is 12.4 Å². The quantitative estimate of drug-likeness (QED) is 0.540. The van der Waals surface area contributed by atoms with Crippen LogP contribution >= 0.6 is 35.6 Å². The lowest BCUT2D eigenvalue weighted by molar-refractivity contribution is -0.128. The van der Waals surface area contributed by atoms with Crippen molar-refractivity contribution in [1.82, 2.24) is 9.80 Å². The number of nitriles is 1. The highest BCUT2D eigenvalue weighted by atomic mass is 35.5. The van der Waals surface area contributed by atoms with Crippen molar-refractivity contribution in [2.75, 3.05) is 33.2 Å². The number of likely N-dealkylation sites (N-methyl/N-ethyl adjacent to an activating group) is 1. The zero-order chi connectivity index (χ0) is 18.7. The molecule has 0 radical (unpaired) electrons. The van der Waals surface area contributed by atoms with E-state index in [9.17, 15) is 10.1 Å². The van der Waals surface area contributed by atoms with Gasteiger partial charge in [0.1, 0.15) is 23.2 Å². The number of rotatable bonds is 3. The molecule has 0 N–H and O–H groups in total. The average Bonchev–Trinajstić information content (AvgIpc) is 3.10. The number of piperazine rings is 1. The van der Waals surface area contributed by atoms with Crippen molar-refractivity contribution in [3.8, 4) is 17.4 Å². The molecule has 5 nitrogen and oxygen atoms in total. The Morgan fingerprint density at radius 1 is 1.15 bits per heavy atom. The van der Waals surface area contributed by atoms with Crippen LogP contribution in [-0.4, -0.2) is 48.9 Å². The topological polar surface area (TPSA) is 60.5 Å². The molecule has 1 saturated heterocycles. The predicted molar refractivity (Wildman–Crippen MR) is 109 cm³/mol. The van der Waals surface area contributed by atoms with E-state index >= 15 is 0 Å². The van der Waals surface area contributed by atoms with E-state index in [4.69, 9.17) is 27.6 Å². The molecule has 27 heavy (non-hydrogen) atoms. The summed E-state index contributed by atoms with van der Waals surface area (Å²) in [6.45, 7) is 2.82. The molecule has 2 aromatic rings. The average molecular weight is 427 g/mol. The van der Waals surface area contributed by atoms with Gasteiger partial charge >= 0.3 is 0 Å². The van der Waals surface area contributed by atoms with Crippen molar-refractivity contribution < 1.29 is 9.21 Å². The van der Waals surface area contributed by atoms with Gasteiger partial charge in [0.15, 0.2) is 0 Å². The number of furan rings is 1. The third-order valence-corrected chi connectivity index (χ3v) is 5.00. The minimum absolute atomic E-state index is 0. The van der Waals surface area contributed by atoms with Gasteiger partial charge in [-0.05, 0) is 37.4 Å². The minimum Gasteiger partial charge on any atom is -0.457 e. The molecule has 1 aliphatic rings. The number of carbonyl (C=O) groups is 1. The second kappa shape index (κ2) is 9.29. The van der Waals surface area contributed by atoms with E-state index in [0.29, 0.717) is 34.7 Å². The van der Waals surface area contributed by atoms with Gasteiger partial charge in [-0.1, -0.05) is 23.2 Å². The van der Waals surface area contributed by atoms with E-state index in [1.165, 1.54) is 6.08 Å². The van der Waals surface area contributed by atoms with Crippen molar-refractivity contribution >= 4 is 47.6 Å². The van der Waals surface area contributed by atoms with Gasteiger partial charge in [0.25, 0.3) is 5.91 Å². The Labute approximate surface area is 174 Å². The highest BCUT2D eigenvalue weighted by Gasteiger charge is 2.22. The summed E-state index contributed by atoms with van der Waals surface area (Å²) in [7, 11) is 2.01. The monoisotopic (exact) mass is 425 g/mol. The summed E-state index contributed by atoms with van der Waals surface area (Å²) in [6, 6.07) is 10.6. The Hall–Kier alpha value is -1.97. The van der Waals surface area contributed by atoms with E-state index in [0.717, 1.165) is 18.7 Å². The largest absolute Gasteiger partial charge is 0.457 e. The van der Waals surface area contributed by atoms with Gasteiger partial charge in [-0.2, -0.15) is 5.26 Å². The Bertz CT molecular complexity index is 894. The molecule has 1 aliphatic heterocycles. The molecule has 0 aliphatic carbocycles. The highest BCUT2D eigenvalue weighted by Crippen LogP contribution is 2.30. The molecule has 0 atom stereocenters. The third kappa shape index (κ3) is 5.06. The Balaban J connectivity index is 0.00000261. The van der Waals surface area contributed by atoms with Gasteiger partial charge in [0.05, 0.1) is 10.0 Å². The SMILES string of the molecule is CN1CCN(C(=O)C(C#N)=Cc2ccc(-c3ccc(Cl)c(Cl)c3)o2)CC1.Cl. The van der Waals surface area contributed by atoms with E-state index in [1.54, 1.807) is 35.2 Å². The molecule has 1 aromatic heterocycles. The maximum atomic E-state index is 12.5. The first-order valence-electron chi connectivity index (χ1n) is 8.13. The van der Waals surface area contributed by atoms with Crippen LogP contribution in [0, 0.1) is 11.3 Å². The Kier molecular flexibility index (Phi) is 7.34. The standard InChI is InChI=1S/C19H17Cl2N3O2.ClH/c1-23-6-8-24(9-7-23)19(25)14(12-22)10-15-3-5-18(26-15)13-2-4-16(20)17(21)11-13;/h2-5,10-11H,6-9H2,1H3;1H. The van der Waals surface area contributed by atoms with Gasteiger partial charge in [0.2, 0.25) is 0 Å². The zero-order valence-electron chi connectivity index (χ0n) is 14.6. The molecule has 2 heterocycles. The normalized spacial score (nSPS) is 15.2. The lowest BCUT2D eigenvalue weighted by Crippen LogP contribution is -2.47. The molecule has 1 amide bonds. The number of benzene rings is 1. The molecule has 3 rings (SSSR count). The fourth-order valence-electron chi connectivity index (χ4n) is 2.70. The van der Waals surface area contributed by atoms with Gasteiger partial charge in [-0.25, -0.2) is 0 Å². The molecule has 0 unspecified atom stereocenters. The summed E-state index contributed by atoms with van der Waals surface area (Å²) in [4.78, 5) is 16.4. The van der Waals surface area contributed by atoms with Crippen LogP contribution in [0.25, 0.3) is 17.4 Å². The summed E-state index contributed by atoms with van der Waals surface area (Å²) in [5, 5.41) is 10.3. The van der Waals surface area contributed by atoms with Crippen molar-refractivity contribution in [2.45, 2.75) is 0 Å². The number of halogens is 3. The first-order chi connectivity index (χ1) is 12.5. The van der Waals surface area contributed by atoms with Crippen molar-refractivity contribution in [3.05, 3.63) is 51.7 Å². The molecule has 0 saturated carbocycles. The van der Waals surface area contributed by atoms with Gasteiger partial charge in [-0.3, -0.25) is 4.79 Å². The molecule has 0 spiro atoms. The molecular weight excluding hydrogens is 409 g/mol. The van der Waals surface area contributed by atoms with Crippen LogP contribution in [0.15, 0.2) is 40.3 Å². The van der Waals surface area contributed by atoms with E-state index in [1.807, 2.05) is 13.1 Å². The molecule has 0 bridgehead atoms. The lowest BCUT2D eigenvalue weighted by Gasteiger charge is -2.32. The predicted octanol–water partition coefficient (Wildman–Crippen LogP) is 4.36. The molecule has 8 heteroatoms. The summed E-state index contributed by atoms with van der Waals surface area (Å²) in [5.74, 6) is 0.748. The second-order valence-electron chi connectivity index (χ2n) is 6.10. The lowest BCUT2D eigenvalue weighted by atomic mass is 10.2. The van der Waals surface area contributed by atoms with Crippen LogP contribution in [-0.2, 0) is 4.79 Å². The van der Waals surface area contributed by atoms with Crippen LogP contribution in [0.1, 0.15) is 5.76 Å². The van der Waals surface area contributed by atoms with Gasteiger partial charge in [0, 0.05) is 37.8 Å². The zero-order valence-corrected chi connectivity index (χ0v) is 16.9.